The van der Waals surface area contributed by atoms with Crippen molar-refractivity contribution >= 4 is 11.9 Å². The average molecular weight is 305 g/mol. The van der Waals surface area contributed by atoms with Crippen LogP contribution in [0.2, 0.25) is 0 Å². The second-order valence-electron chi connectivity index (χ2n) is 5.17. The van der Waals surface area contributed by atoms with Crippen molar-refractivity contribution in [2.75, 3.05) is 20.7 Å². The number of carbonyl (C=O) groups excluding carboxylic acids is 1. The molecule has 0 amide bonds. The van der Waals surface area contributed by atoms with E-state index in [0.29, 0.717) is 6.42 Å². The van der Waals surface area contributed by atoms with E-state index in [1.807, 2.05) is 12.1 Å². The molecule has 0 fully saturated rings. The van der Waals surface area contributed by atoms with Crippen LogP contribution >= 0.6 is 0 Å². The summed E-state index contributed by atoms with van der Waals surface area (Å²) in [5.74, 6) is 0.667. The van der Waals surface area contributed by atoms with Gasteiger partial charge in [0.1, 0.15) is 0 Å². The number of ether oxygens (including phenoxy) is 1. The number of unbranched alkanes of at least 4 members (excludes halogenated alkanes) is 2. The third-order valence-electron chi connectivity index (χ3n) is 3.51. The number of nitrogens with one attached hydrogen (secondary N) is 2. The summed E-state index contributed by atoms with van der Waals surface area (Å²) >= 11 is 0. The lowest BCUT2D eigenvalue weighted by molar-refractivity contribution is -0.140. The van der Waals surface area contributed by atoms with Crippen molar-refractivity contribution in [3.05, 3.63) is 35.4 Å². The van der Waals surface area contributed by atoms with Gasteiger partial charge in [-0.05, 0) is 30.9 Å². The highest BCUT2D eigenvalue weighted by Gasteiger charge is 2.01. The SMILES string of the molecule is CN=C(NCCCCCC(=O)OC)NCc1ccccc1C. The molecule has 122 valence electrons. The van der Waals surface area contributed by atoms with Gasteiger partial charge in [0.05, 0.1) is 7.11 Å². The fraction of sp³-hybridized carbons (Fsp3) is 0.529. The largest absolute Gasteiger partial charge is 0.469 e. The summed E-state index contributed by atoms with van der Waals surface area (Å²) in [4.78, 5) is 15.2. The van der Waals surface area contributed by atoms with Crippen LogP contribution in [0.1, 0.15) is 36.8 Å². The molecule has 2 N–H and O–H groups in total. The number of benzene rings is 1. The van der Waals surface area contributed by atoms with Gasteiger partial charge in [-0.2, -0.15) is 0 Å². The molecule has 0 radical (unpaired) electrons. The van der Waals surface area contributed by atoms with Crippen molar-refractivity contribution < 1.29 is 9.53 Å². The first kappa shape index (κ1) is 18.0. The number of nitrogens with zero attached hydrogens (tertiary/aromatic N) is 1. The maximum absolute atomic E-state index is 11.0. The summed E-state index contributed by atoms with van der Waals surface area (Å²) in [7, 11) is 3.19. The Kier molecular flexibility index (Phi) is 8.72. The Labute approximate surface area is 133 Å². The Morgan fingerprint density at radius 3 is 2.64 bits per heavy atom. The Bertz CT molecular complexity index is 487. The number of hydrogen-bond donors (Lipinski definition) is 2. The van der Waals surface area contributed by atoms with Crippen molar-refractivity contribution in [3.8, 4) is 0 Å². The molecule has 5 heteroatoms. The van der Waals surface area contributed by atoms with E-state index >= 15 is 0 Å². The van der Waals surface area contributed by atoms with Crippen LogP contribution in [0.4, 0.5) is 0 Å². The average Bonchev–Trinajstić information content (AvgIpc) is 2.54. The first-order chi connectivity index (χ1) is 10.7. The van der Waals surface area contributed by atoms with Gasteiger partial charge in [-0.3, -0.25) is 9.79 Å². The van der Waals surface area contributed by atoms with Crippen molar-refractivity contribution in [1.29, 1.82) is 0 Å². The highest BCUT2D eigenvalue weighted by Crippen LogP contribution is 2.06. The summed E-state index contributed by atoms with van der Waals surface area (Å²) < 4.78 is 4.61. The van der Waals surface area contributed by atoms with Crippen LogP contribution in [0.5, 0.6) is 0 Å². The van der Waals surface area contributed by atoms with Crippen LogP contribution < -0.4 is 10.6 Å². The van der Waals surface area contributed by atoms with E-state index in [1.165, 1.54) is 18.2 Å². The van der Waals surface area contributed by atoms with Gasteiger partial charge in [-0.15, -0.1) is 0 Å². The molecule has 0 saturated heterocycles. The van der Waals surface area contributed by atoms with Gasteiger partial charge in [-0.1, -0.05) is 30.7 Å². The molecule has 0 spiro atoms. The van der Waals surface area contributed by atoms with E-state index in [4.69, 9.17) is 0 Å². The fourth-order valence-corrected chi connectivity index (χ4v) is 2.09. The molecule has 0 atom stereocenters. The molecule has 0 unspecified atom stereocenters. The third-order valence-corrected chi connectivity index (χ3v) is 3.51. The number of guanidine groups is 1. The highest BCUT2D eigenvalue weighted by atomic mass is 16.5. The topological polar surface area (TPSA) is 62.7 Å². The van der Waals surface area contributed by atoms with Crippen LogP contribution in [0.3, 0.4) is 0 Å². The molecule has 0 aliphatic carbocycles. The van der Waals surface area contributed by atoms with Crippen LogP contribution in [-0.4, -0.2) is 32.6 Å². The minimum Gasteiger partial charge on any atom is -0.469 e. The number of rotatable bonds is 8. The van der Waals surface area contributed by atoms with Crippen LogP contribution in [0.25, 0.3) is 0 Å². The Morgan fingerprint density at radius 2 is 1.95 bits per heavy atom. The second-order valence-corrected chi connectivity index (χ2v) is 5.17. The zero-order valence-electron chi connectivity index (χ0n) is 13.8. The summed E-state index contributed by atoms with van der Waals surface area (Å²) in [5.41, 5.74) is 2.54. The molecule has 0 aliphatic rings. The lowest BCUT2D eigenvalue weighted by atomic mass is 10.1. The first-order valence-corrected chi connectivity index (χ1v) is 7.73. The van der Waals surface area contributed by atoms with E-state index in [1.54, 1.807) is 7.05 Å². The maximum atomic E-state index is 11.0. The Hall–Kier alpha value is -2.04. The third kappa shape index (κ3) is 7.11. The predicted molar refractivity (Wildman–Crippen MR) is 89.9 cm³/mol. The lowest BCUT2D eigenvalue weighted by Gasteiger charge is -2.13. The van der Waals surface area contributed by atoms with Crippen LogP contribution in [-0.2, 0) is 16.1 Å². The molecule has 1 rings (SSSR count). The number of aliphatic imine (C=N–C) groups is 1. The molecule has 0 aliphatic heterocycles. The molecule has 5 nitrogen and oxygen atoms in total. The monoisotopic (exact) mass is 305 g/mol. The molecular weight excluding hydrogens is 278 g/mol. The Balaban J connectivity index is 2.18. The molecule has 1 aromatic carbocycles. The second kappa shape index (κ2) is 10.7. The Morgan fingerprint density at radius 1 is 1.18 bits per heavy atom. The van der Waals surface area contributed by atoms with E-state index in [0.717, 1.165) is 38.3 Å². The summed E-state index contributed by atoms with van der Waals surface area (Å²) in [6.07, 6.45) is 3.36. The number of methoxy groups -OCH3 is 1. The van der Waals surface area contributed by atoms with Gasteiger partial charge in [-0.25, -0.2) is 0 Å². The quantitative estimate of drug-likeness (QED) is 0.335. The van der Waals surface area contributed by atoms with Gasteiger partial charge in [0.15, 0.2) is 5.96 Å². The van der Waals surface area contributed by atoms with E-state index in [-0.39, 0.29) is 5.97 Å². The normalized spacial score (nSPS) is 11.1. The van der Waals surface area contributed by atoms with Crippen molar-refractivity contribution in [3.63, 3.8) is 0 Å². The van der Waals surface area contributed by atoms with E-state index in [9.17, 15) is 4.79 Å². The van der Waals surface area contributed by atoms with E-state index in [2.05, 4.69) is 39.4 Å². The molecule has 0 bridgehead atoms. The van der Waals surface area contributed by atoms with Gasteiger partial charge in [0, 0.05) is 26.6 Å². The summed E-state index contributed by atoms with van der Waals surface area (Å²) in [6, 6.07) is 8.30. The fourth-order valence-electron chi connectivity index (χ4n) is 2.09. The molecule has 0 aromatic heterocycles. The molecule has 0 heterocycles. The number of carbonyl (C=O) groups is 1. The van der Waals surface area contributed by atoms with Crippen molar-refractivity contribution in [2.45, 2.75) is 39.2 Å². The zero-order chi connectivity index (χ0) is 16.2. The summed E-state index contributed by atoms with van der Waals surface area (Å²) in [6.45, 7) is 3.71. The summed E-state index contributed by atoms with van der Waals surface area (Å²) in [5, 5.41) is 6.59. The zero-order valence-corrected chi connectivity index (χ0v) is 13.8. The van der Waals surface area contributed by atoms with E-state index < -0.39 is 0 Å². The van der Waals surface area contributed by atoms with Crippen LogP contribution in [0.15, 0.2) is 29.3 Å². The minimum atomic E-state index is -0.135. The molecule has 0 saturated carbocycles. The van der Waals surface area contributed by atoms with Gasteiger partial charge in [0.25, 0.3) is 0 Å². The predicted octanol–water partition coefficient (Wildman–Crippen LogP) is 2.39. The molecular formula is C17H27N3O2. The standard InChI is InChI=1S/C17H27N3O2/c1-14-9-6-7-10-15(14)13-20-17(18-2)19-12-8-4-5-11-16(21)22-3/h6-7,9-10H,4-5,8,11-13H2,1-3H3,(H2,18,19,20). The molecule has 22 heavy (non-hydrogen) atoms. The number of aryl methyl sites for hydroxylation is 1. The smallest absolute Gasteiger partial charge is 0.305 e. The number of hydrogen-bond acceptors (Lipinski definition) is 3. The van der Waals surface area contributed by atoms with Gasteiger partial charge < -0.3 is 15.4 Å². The minimum absolute atomic E-state index is 0.135. The number of esters is 1. The van der Waals surface area contributed by atoms with Crippen molar-refractivity contribution in [2.24, 2.45) is 4.99 Å². The van der Waals surface area contributed by atoms with Crippen LogP contribution in [0, 0.1) is 6.92 Å². The first-order valence-electron chi connectivity index (χ1n) is 7.73. The van der Waals surface area contributed by atoms with Gasteiger partial charge in [0.2, 0.25) is 0 Å². The lowest BCUT2D eigenvalue weighted by Crippen LogP contribution is -2.37. The maximum Gasteiger partial charge on any atom is 0.305 e. The molecule has 1 aromatic rings. The van der Waals surface area contributed by atoms with Gasteiger partial charge >= 0.3 is 5.97 Å². The highest BCUT2D eigenvalue weighted by molar-refractivity contribution is 5.79. The van der Waals surface area contributed by atoms with Crippen molar-refractivity contribution in [1.82, 2.24) is 10.6 Å².